The minimum Gasteiger partial charge on any atom is -0.381 e. The molecule has 0 aliphatic heterocycles. The first-order valence-corrected chi connectivity index (χ1v) is 3.84. The fraction of sp³-hybridized carbons (Fsp3) is 0.875. The van der Waals surface area contributed by atoms with Gasteiger partial charge in [-0.3, -0.25) is 4.79 Å². The SMILES string of the molecule is CCCCOCCC(C)=O. The van der Waals surface area contributed by atoms with Crippen LogP contribution in [0, 0.1) is 0 Å². The van der Waals surface area contributed by atoms with Crippen LogP contribution in [-0.4, -0.2) is 19.0 Å². The molecule has 0 saturated heterocycles. The first-order chi connectivity index (χ1) is 4.77. The Labute approximate surface area is 62.6 Å². The molecule has 0 spiro atoms. The van der Waals surface area contributed by atoms with Gasteiger partial charge < -0.3 is 4.74 Å². The third-order valence-corrected chi connectivity index (χ3v) is 1.24. The molecule has 0 bridgehead atoms. The largest absolute Gasteiger partial charge is 0.381 e. The highest BCUT2D eigenvalue weighted by Crippen LogP contribution is 1.89. The molecule has 0 heterocycles. The molecule has 2 nitrogen and oxygen atoms in total. The lowest BCUT2D eigenvalue weighted by molar-refractivity contribution is -0.118. The van der Waals surface area contributed by atoms with E-state index in [-0.39, 0.29) is 5.78 Å². The number of ketones is 1. The van der Waals surface area contributed by atoms with Gasteiger partial charge >= 0.3 is 0 Å². The first-order valence-electron chi connectivity index (χ1n) is 3.84. The summed E-state index contributed by atoms with van der Waals surface area (Å²) in [5.74, 6) is 0.205. The van der Waals surface area contributed by atoms with Crippen LogP contribution in [0.15, 0.2) is 0 Å². The van der Waals surface area contributed by atoms with Gasteiger partial charge in [-0.15, -0.1) is 0 Å². The maximum absolute atomic E-state index is 10.4. The average molecular weight is 144 g/mol. The van der Waals surface area contributed by atoms with Gasteiger partial charge in [0.15, 0.2) is 0 Å². The lowest BCUT2D eigenvalue weighted by atomic mass is 10.3. The zero-order valence-electron chi connectivity index (χ0n) is 6.85. The summed E-state index contributed by atoms with van der Waals surface area (Å²) in [7, 11) is 0. The lowest BCUT2D eigenvalue weighted by Crippen LogP contribution is -2.01. The van der Waals surface area contributed by atoms with Gasteiger partial charge in [-0.2, -0.15) is 0 Å². The summed E-state index contributed by atoms with van der Waals surface area (Å²) < 4.78 is 5.16. The number of ether oxygens (including phenoxy) is 1. The van der Waals surface area contributed by atoms with Crippen molar-refractivity contribution >= 4 is 5.78 Å². The highest BCUT2D eigenvalue weighted by Gasteiger charge is 1.91. The molecule has 0 fully saturated rings. The van der Waals surface area contributed by atoms with Gasteiger partial charge in [0.2, 0.25) is 0 Å². The van der Waals surface area contributed by atoms with Crippen LogP contribution >= 0.6 is 0 Å². The number of carbonyl (C=O) groups is 1. The van der Waals surface area contributed by atoms with E-state index in [9.17, 15) is 4.79 Å². The molecule has 0 radical (unpaired) electrons. The molecule has 0 aromatic rings. The molecule has 0 aromatic heterocycles. The Kier molecular flexibility index (Phi) is 6.50. The van der Waals surface area contributed by atoms with Crippen molar-refractivity contribution in [3.05, 3.63) is 0 Å². The van der Waals surface area contributed by atoms with Crippen LogP contribution in [-0.2, 0) is 9.53 Å². The summed E-state index contributed by atoms with van der Waals surface area (Å²) in [4.78, 5) is 10.4. The van der Waals surface area contributed by atoms with Gasteiger partial charge in [0.25, 0.3) is 0 Å². The average Bonchev–Trinajstić information content (AvgIpc) is 1.87. The first kappa shape index (κ1) is 9.63. The van der Waals surface area contributed by atoms with Gasteiger partial charge in [-0.1, -0.05) is 13.3 Å². The molecule has 0 aliphatic rings. The number of carbonyl (C=O) groups excluding carboxylic acids is 1. The van der Waals surface area contributed by atoms with Crippen LogP contribution in [0.4, 0.5) is 0 Å². The number of rotatable bonds is 6. The molecule has 0 saturated carbocycles. The zero-order valence-corrected chi connectivity index (χ0v) is 6.85. The summed E-state index contributed by atoms with van der Waals surface area (Å²) in [5, 5.41) is 0. The molecule has 0 unspecified atom stereocenters. The van der Waals surface area contributed by atoms with Crippen LogP contribution in [0.3, 0.4) is 0 Å². The van der Waals surface area contributed by atoms with E-state index in [0.29, 0.717) is 13.0 Å². The van der Waals surface area contributed by atoms with Gasteiger partial charge in [0.05, 0.1) is 6.61 Å². The van der Waals surface area contributed by atoms with Crippen molar-refractivity contribution in [2.24, 2.45) is 0 Å². The summed E-state index contributed by atoms with van der Waals surface area (Å²) in [6.07, 6.45) is 2.81. The molecule has 0 aliphatic carbocycles. The number of hydrogen-bond donors (Lipinski definition) is 0. The van der Waals surface area contributed by atoms with E-state index in [1.165, 1.54) is 0 Å². The Morgan fingerprint density at radius 2 is 2.10 bits per heavy atom. The van der Waals surface area contributed by atoms with Crippen LogP contribution in [0.5, 0.6) is 0 Å². The normalized spacial score (nSPS) is 9.80. The van der Waals surface area contributed by atoms with E-state index in [0.717, 1.165) is 19.4 Å². The monoisotopic (exact) mass is 144 g/mol. The van der Waals surface area contributed by atoms with E-state index in [2.05, 4.69) is 6.92 Å². The maximum atomic E-state index is 10.4. The summed E-state index contributed by atoms with van der Waals surface area (Å²) in [6, 6.07) is 0. The predicted molar refractivity (Wildman–Crippen MR) is 41.0 cm³/mol. The summed E-state index contributed by atoms with van der Waals surface area (Å²) in [5.41, 5.74) is 0. The Bertz CT molecular complexity index is 89.3. The Morgan fingerprint density at radius 3 is 2.60 bits per heavy atom. The quantitative estimate of drug-likeness (QED) is 0.531. The molecule has 0 atom stereocenters. The smallest absolute Gasteiger partial charge is 0.132 e. The second-order valence-corrected chi connectivity index (χ2v) is 2.42. The van der Waals surface area contributed by atoms with Crippen LogP contribution < -0.4 is 0 Å². The molecular weight excluding hydrogens is 128 g/mol. The van der Waals surface area contributed by atoms with Crippen molar-refractivity contribution in [2.45, 2.75) is 33.1 Å². The maximum Gasteiger partial charge on any atom is 0.132 e. The fourth-order valence-corrected chi connectivity index (χ4v) is 0.564. The molecular formula is C8H16O2. The van der Waals surface area contributed by atoms with Gasteiger partial charge in [-0.25, -0.2) is 0 Å². The minimum atomic E-state index is 0.205. The molecule has 0 N–H and O–H groups in total. The van der Waals surface area contributed by atoms with Gasteiger partial charge in [0, 0.05) is 13.0 Å². The minimum absolute atomic E-state index is 0.205. The highest BCUT2D eigenvalue weighted by molar-refractivity contribution is 5.75. The predicted octanol–water partition coefficient (Wildman–Crippen LogP) is 1.78. The van der Waals surface area contributed by atoms with Crippen molar-refractivity contribution in [1.29, 1.82) is 0 Å². The number of unbranched alkanes of at least 4 members (excludes halogenated alkanes) is 1. The molecule has 0 aromatic carbocycles. The van der Waals surface area contributed by atoms with E-state index < -0.39 is 0 Å². The highest BCUT2D eigenvalue weighted by atomic mass is 16.5. The van der Waals surface area contributed by atoms with Gasteiger partial charge in [0.1, 0.15) is 5.78 Å². The van der Waals surface area contributed by atoms with Crippen molar-refractivity contribution < 1.29 is 9.53 Å². The Balaban J connectivity index is 2.84. The molecule has 0 rings (SSSR count). The third-order valence-electron chi connectivity index (χ3n) is 1.24. The van der Waals surface area contributed by atoms with E-state index in [1.54, 1.807) is 6.92 Å². The van der Waals surface area contributed by atoms with Crippen molar-refractivity contribution in [1.82, 2.24) is 0 Å². The van der Waals surface area contributed by atoms with E-state index in [4.69, 9.17) is 4.74 Å². The molecule has 60 valence electrons. The second-order valence-electron chi connectivity index (χ2n) is 2.42. The second kappa shape index (κ2) is 6.75. The van der Waals surface area contributed by atoms with Gasteiger partial charge in [-0.05, 0) is 13.3 Å². The molecule has 0 amide bonds. The summed E-state index contributed by atoms with van der Waals surface area (Å²) >= 11 is 0. The summed E-state index contributed by atoms with van der Waals surface area (Å²) in [6.45, 7) is 5.09. The van der Waals surface area contributed by atoms with Crippen LogP contribution in [0.1, 0.15) is 33.1 Å². The standard InChI is InChI=1S/C8H16O2/c1-3-4-6-10-7-5-8(2)9/h3-7H2,1-2H3. The number of hydrogen-bond acceptors (Lipinski definition) is 2. The third kappa shape index (κ3) is 7.63. The van der Waals surface area contributed by atoms with E-state index in [1.807, 2.05) is 0 Å². The lowest BCUT2D eigenvalue weighted by Gasteiger charge is -1.99. The number of Topliss-reactive ketones (excluding diaryl/α,β-unsaturated/α-hetero) is 1. The molecule has 2 heteroatoms. The van der Waals surface area contributed by atoms with Crippen LogP contribution in [0.25, 0.3) is 0 Å². The topological polar surface area (TPSA) is 26.3 Å². The molecule has 10 heavy (non-hydrogen) atoms. The Hall–Kier alpha value is -0.370. The van der Waals surface area contributed by atoms with Crippen molar-refractivity contribution in [3.63, 3.8) is 0 Å². The van der Waals surface area contributed by atoms with Crippen LogP contribution in [0.2, 0.25) is 0 Å². The van der Waals surface area contributed by atoms with Crippen molar-refractivity contribution in [3.8, 4) is 0 Å². The van der Waals surface area contributed by atoms with E-state index >= 15 is 0 Å². The zero-order chi connectivity index (χ0) is 7.82. The Morgan fingerprint density at radius 1 is 1.40 bits per heavy atom. The van der Waals surface area contributed by atoms with Crippen molar-refractivity contribution in [2.75, 3.05) is 13.2 Å². The fourth-order valence-electron chi connectivity index (χ4n) is 0.564.